The number of benzene rings is 2. The summed E-state index contributed by atoms with van der Waals surface area (Å²) in [6.07, 6.45) is -0.0763. The van der Waals surface area contributed by atoms with E-state index < -0.39 is 46.2 Å². The molecule has 0 spiro atoms. The van der Waals surface area contributed by atoms with Crippen molar-refractivity contribution in [3.8, 4) is 11.5 Å². The second-order valence-electron chi connectivity index (χ2n) is 8.67. The summed E-state index contributed by atoms with van der Waals surface area (Å²) < 4.78 is 0. The first kappa shape index (κ1) is 23.6. The highest BCUT2D eigenvalue weighted by atomic mass is 32.1. The highest BCUT2D eigenvalue weighted by Crippen LogP contribution is 2.50. The van der Waals surface area contributed by atoms with Gasteiger partial charge in [-0.05, 0) is 61.5 Å². The van der Waals surface area contributed by atoms with Gasteiger partial charge < -0.3 is 31.9 Å². The molecule has 2 aromatic rings. The van der Waals surface area contributed by atoms with Gasteiger partial charge in [-0.25, -0.2) is 0 Å². The van der Waals surface area contributed by atoms with Crippen molar-refractivity contribution in [2.75, 3.05) is 0 Å². The van der Waals surface area contributed by atoms with Crippen LogP contribution in [0.2, 0.25) is 0 Å². The number of ketones is 2. The topological polar surface area (TPSA) is 191 Å². The zero-order valence-corrected chi connectivity index (χ0v) is 19.4. The fourth-order valence-corrected chi connectivity index (χ4v) is 5.01. The first-order valence-electron chi connectivity index (χ1n) is 10.4. The summed E-state index contributed by atoms with van der Waals surface area (Å²) >= 11 is 4.68. The van der Waals surface area contributed by atoms with Crippen molar-refractivity contribution in [1.29, 1.82) is 0 Å². The number of aliphatic hydroxyl groups is 2. The smallest absolute Gasteiger partial charge is 0.206 e. The number of nitrogens with zero attached hydrogens (tertiary/aromatic N) is 1. The molecule has 0 heterocycles. The maximum atomic E-state index is 13.7. The van der Waals surface area contributed by atoms with Crippen LogP contribution in [0.5, 0.6) is 11.5 Å². The van der Waals surface area contributed by atoms with E-state index in [2.05, 4.69) is 22.7 Å². The van der Waals surface area contributed by atoms with Crippen LogP contribution in [0.3, 0.4) is 0 Å². The number of phenolic OH excluding ortho intramolecular Hbond substituents is 2. The molecule has 4 rings (SSSR count). The van der Waals surface area contributed by atoms with Crippen molar-refractivity contribution in [3.63, 3.8) is 0 Å². The van der Waals surface area contributed by atoms with E-state index in [-0.39, 0.29) is 33.9 Å². The lowest BCUT2D eigenvalue weighted by Gasteiger charge is -2.45. The number of hydrazone groups is 1. The summed E-state index contributed by atoms with van der Waals surface area (Å²) in [6.45, 7) is 4.70. The van der Waals surface area contributed by atoms with E-state index >= 15 is 0 Å². The molecule has 0 saturated carbocycles. The Balaban J connectivity index is 2.02. The molecule has 0 saturated heterocycles. The quantitative estimate of drug-likeness (QED) is 0.183. The fraction of sp³-hybridized carbons (Fsp3) is 0.304. The highest BCUT2D eigenvalue weighted by molar-refractivity contribution is 7.80. The average Bonchev–Trinajstić information content (AvgIpc) is 2.78. The molecule has 0 aliphatic heterocycles. The van der Waals surface area contributed by atoms with Crippen LogP contribution in [0, 0.1) is 19.8 Å². The van der Waals surface area contributed by atoms with Crippen molar-refractivity contribution in [2.24, 2.45) is 22.5 Å². The molecular formula is C23H24N4O6S. The fourth-order valence-electron chi connectivity index (χ4n) is 4.96. The summed E-state index contributed by atoms with van der Waals surface area (Å²) in [5.74, 6) is -4.59. The lowest BCUT2D eigenvalue weighted by Crippen LogP contribution is -2.63. The molecule has 9 N–H and O–H groups in total. The molecule has 3 atom stereocenters. The molecule has 11 heteroatoms. The number of nitrogens with one attached hydrogen (secondary N) is 1. The average molecular weight is 485 g/mol. The molecule has 34 heavy (non-hydrogen) atoms. The van der Waals surface area contributed by atoms with E-state index in [0.29, 0.717) is 22.1 Å². The molecule has 2 aliphatic rings. The van der Waals surface area contributed by atoms with E-state index in [1.807, 2.05) is 0 Å². The minimum Gasteiger partial charge on any atom is -0.508 e. The minimum absolute atomic E-state index is 0.0601. The number of carbonyl (C=O) groups is 2. The second-order valence-corrected chi connectivity index (χ2v) is 9.11. The summed E-state index contributed by atoms with van der Waals surface area (Å²) in [4.78, 5) is 26.8. The van der Waals surface area contributed by atoms with Crippen molar-refractivity contribution >= 4 is 45.4 Å². The predicted octanol–water partition coefficient (Wildman–Crippen LogP) is 0.885. The number of nitrogens with two attached hydrogens (primary N) is 2. The summed E-state index contributed by atoms with van der Waals surface area (Å²) in [6, 6.07) is 2.03. The van der Waals surface area contributed by atoms with Crippen LogP contribution in [-0.4, -0.2) is 54.5 Å². The molecule has 2 aliphatic carbocycles. The Bertz CT molecular complexity index is 1380. The van der Waals surface area contributed by atoms with Gasteiger partial charge in [0.15, 0.2) is 16.5 Å². The van der Waals surface area contributed by atoms with Gasteiger partial charge in [-0.1, -0.05) is 12.1 Å². The van der Waals surface area contributed by atoms with Crippen LogP contribution < -0.4 is 16.9 Å². The lowest BCUT2D eigenvalue weighted by molar-refractivity contribution is -0.122. The molecule has 10 nitrogen and oxygen atoms in total. The largest absolute Gasteiger partial charge is 0.508 e. The minimum atomic E-state index is -2.60. The number of aliphatic hydroxyl groups excluding tert-OH is 1. The Morgan fingerprint density at radius 3 is 2.47 bits per heavy atom. The van der Waals surface area contributed by atoms with Crippen molar-refractivity contribution < 1.29 is 30.0 Å². The zero-order valence-electron chi connectivity index (χ0n) is 18.6. The van der Waals surface area contributed by atoms with Crippen LogP contribution >= 0.6 is 12.2 Å². The normalized spacial score (nSPS) is 24.8. The van der Waals surface area contributed by atoms with Gasteiger partial charge in [0.25, 0.3) is 0 Å². The number of aromatic hydroxyl groups is 2. The van der Waals surface area contributed by atoms with Crippen LogP contribution in [0.1, 0.15) is 34.0 Å². The van der Waals surface area contributed by atoms with Crippen molar-refractivity contribution in [1.82, 2.24) is 5.43 Å². The Morgan fingerprint density at radius 2 is 1.85 bits per heavy atom. The van der Waals surface area contributed by atoms with Gasteiger partial charge >= 0.3 is 0 Å². The van der Waals surface area contributed by atoms with Gasteiger partial charge in [0.05, 0.1) is 28.3 Å². The van der Waals surface area contributed by atoms with E-state index in [1.54, 1.807) is 26.0 Å². The van der Waals surface area contributed by atoms with E-state index in [0.717, 1.165) is 0 Å². The molecule has 0 aromatic heterocycles. The van der Waals surface area contributed by atoms with E-state index in [1.165, 1.54) is 6.92 Å². The Morgan fingerprint density at radius 1 is 1.21 bits per heavy atom. The molecule has 0 bridgehead atoms. The monoisotopic (exact) mass is 484 g/mol. The van der Waals surface area contributed by atoms with Gasteiger partial charge in [-0.15, -0.1) is 0 Å². The van der Waals surface area contributed by atoms with Crippen LogP contribution in [0.4, 0.5) is 0 Å². The molecule has 0 unspecified atom stereocenters. The number of Topliss-reactive ketones (excluding diaryl/α,β-unsaturated/α-hetero) is 2. The number of rotatable bonds is 2. The van der Waals surface area contributed by atoms with Gasteiger partial charge in [0, 0.05) is 5.92 Å². The predicted molar refractivity (Wildman–Crippen MR) is 129 cm³/mol. The Hall–Kier alpha value is -3.54. The molecule has 0 fully saturated rings. The van der Waals surface area contributed by atoms with Crippen molar-refractivity contribution in [2.45, 2.75) is 38.8 Å². The number of phenols is 2. The highest BCUT2D eigenvalue weighted by Gasteiger charge is 2.60. The lowest BCUT2D eigenvalue weighted by atomic mass is 9.61. The maximum Gasteiger partial charge on any atom is 0.206 e. The number of carbonyl (C=O) groups excluding carboxylic acids is 2. The number of hydrogen-bond acceptors (Lipinski definition) is 9. The Kier molecular flexibility index (Phi) is 5.39. The standard InChI is InChI=1S/C23H24N4O6S/c1-7-4-5-10-8(2)11-6-12-16(24)19(30)13(9(3)26-27-22(25)34)20(31)23(12,33)21(32)15(11)18(29)14(10)17(7)28/h4-5,12,16,28-29,31,33H,6,24H2,1-3H3,(H3,25,27,34)/b26-9+/t12-,16+,23+/m0/s1. The van der Waals surface area contributed by atoms with Gasteiger partial charge in [0.2, 0.25) is 5.78 Å². The molecular weight excluding hydrogens is 460 g/mol. The van der Waals surface area contributed by atoms with Crippen LogP contribution in [0.15, 0.2) is 28.6 Å². The summed E-state index contributed by atoms with van der Waals surface area (Å²) in [5, 5.41) is 48.5. The maximum absolute atomic E-state index is 13.7. The zero-order chi connectivity index (χ0) is 25.3. The van der Waals surface area contributed by atoms with Crippen LogP contribution in [0.25, 0.3) is 10.8 Å². The third kappa shape index (κ3) is 3.01. The summed E-state index contributed by atoms with van der Waals surface area (Å²) in [5.41, 5.74) is 11.9. The SMILES string of the molecule is C/C(=N\NC(N)=S)C1=C(O)[C@@]2(O)C(=O)c3c(c(C)c4ccc(C)c(O)c4c3O)C[C@H]2[C@@H](N)C1=O. The van der Waals surface area contributed by atoms with Gasteiger partial charge in [-0.2, -0.15) is 5.10 Å². The number of fused-ring (bicyclic) bond motifs is 3. The van der Waals surface area contributed by atoms with Crippen molar-refractivity contribution in [3.05, 3.63) is 45.7 Å². The third-order valence-electron chi connectivity index (χ3n) is 6.82. The second kappa shape index (κ2) is 7.76. The molecule has 178 valence electrons. The van der Waals surface area contributed by atoms with E-state index in [9.17, 15) is 30.0 Å². The van der Waals surface area contributed by atoms with Gasteiger partial charge in [0.1, 0.15) is 17.3 Å². The molecule has 0 radical (unpaired) electrons. The molecule has 0 amide bonds. The summed E-state index contributed by atoms with van der Waals surface area (Å²) in [7, 11) is 0. The number of thiocarbonyl (C=S) groups is 1. The third-order valence-corrected chi connectivity index (χ3v) is 6.91. The first-order chi connectivity index (χ1) is 15.8. The van der Waals surface area contributed by atoms with Gasteiger partial charge in [-0.3, -0.25) is 15.0 Å². The first-order valence-corrected chi connectivity index (χ1v) is 10.8. The molecule has 2 aromatic carbocycles. The number of hydrogen-bond donors (Lipinski definition) is 7. The van der Waals surface area contributed by atoms with E-state index in [4.69, 9.17) is 11.5 Å². The number of aryl methyl sites for hydroxylation is 2. The van der Waals surface area contributed by atoms with Crippen LogP contribution in [-0.2, 0) is 11.2 Å². The Labute approximate surface area is 199 Å².